The number of phenolic OH excluding ortho intramolecular Hbond substituents is 1. The Hall–Kier alpha value is -1.17. The Kier molecular flexibility index (Phi) is 5.28. The van der Waals surface area contributed by atoms with Crippen LogP contribution in [0.1, 0.15) is 19.5 Å². The molecule has 4 N–H and O–H groups in total. The summed E-state index contributed by atoms with van der Waals surface area (Å²) < 4.78 is 31.7. The van der Waals surface area contributed by atoms with Crippen molar-refractivity contribution in [1.82, 2.24) is 9.21 Å². The molecule has 1 aromatic carbocycles. The Bertz CT molecular complexity index is 774. The van der Waals surface area contributed by atoms with E-state index in [1.54, 1.807) is 0 Å². The molecular weight excluding hydrogens is 349 g/mol. The molecule has 2 heterocycles. The third-order valence-corrected chi connectivity index (χ3v) is 5.14. The van der Waals surface area contributed by atoms with Gasteiger partial charge < -0.3 is 17.2 Å². The van der Waals surface area contributed by atoms with Crippen LogP contribution in [0.4, 0.5) is 0 Å². The molecule has 2 fully saturated rings. The minimum Gasteiger partial charge on any atom is -1.00 e. The second kappa shape index (κ2) is 6.62. The summed E-state index contributed by atoms with van der Waals surface area (Å²) in [6.07, 6.45) is 0.254. The average molecular weight is 365 g/mol. The monoisotopic (exact) mass is 365 g/mol. The summed E-state index contributed by atoms with van der Waals surface area (Å²) in [7, 11) is -4.61. The van der Waals surface area contributed by atoms with E-state index < -0.39 is 40.2 Å². The minimum absolute atomic E-state index is 0. The molecule has 1 unspecified atom stereocenters. The maximum atomic E-state index is 12.5. The molecule has 0 radical (unpaired) electrons. The number of nitrogens with zero attached hydrogens (tertiary/aromatic N) is 2. The quantitative estimate of drug-likeness (QED) is 0.283. The van der Waals surface area contributed by atoms with Crippen molar-refractivity contribution in [1.29, 1.82) is 0 Å². The molecule has 3 rings (SSSR count). The number of phenols is 1. The Balaban J connectivity index is 0.00000156. The van der Waals surface area contributed by atoms with Crippen molar-refractivity contribution in [3.63, 3.8) is 0 Å². The van der Waals surface area contributed by atoms with E-state index in [0.29, 0.717) is 9.87 Å². The summed E-state index contributed by atoms with van der Waals surface area (Å²) in [6, 6.07) is 3.10. The number of carbonyl (C=O) groups is 2. The maximum Gasteiger partial charge on any atom is 1.00 e. The van der Waals surface area contributed by atoms with E-state index in [4.69, 9.17) is 10.3 Å². The van der Waals surface area contributed by atoms with Crippen molar-refractivity contribution in [2.24, 2.45) is 5.73 Å². The van der Waals surface area contributed by atoms with Crippen LogP contribution in [0.3, 0.4) is 0 Å². The Morgan fingerprint density at radius 3 is 2.46 bits per heavy atom. The van der Waals surface area contributed by atoms with E-state index in [1.165, 1.54) is 29.2 Å². The van der Waals surface area contributed by atoms with Crippen LogP contribution in [0.2, 0.25) is 0 Å². The van der Waals surface area contributed by atoms with Crippen molar-refractivity contribution >= 4 is 22.1 Å². The van der Waals surface area contributed by atoms with Crippen LogP contribution in [0, 0.1) is 0 Å². The SMILES string of the molecule is NC(C(=O)N1CC[C@@H]2[C@H]1C(=O)N2S(=O)(=O)O)c1ccc(O)cc1.[H-].[Na+]. The molecule has 2 saturated heterocycles. The fourth-order valence-electron chi connectivity index (χ4n) is 3.07. The molecule has 1 aromatic rings. The van der Waals surface area contributed by atoms with Gasteiger partial charge in [0.2, 0.25) is 5.91 Å². The molecule has 11 heteroatoms. The summed E-state index contributed by atoms with van der Waals surface area (Å²) in [4.78, 5) is 25.6. The molecule has 24 heavy (non-hydrogen) atoms. The first-order valence-corrected chi connectivity index (χ1v) is 8.27. The van der Waals surface area contributed by atoms with Crippen molar-refractivity contribution < 1.29 is 58.7 Å². The third-order valence-electron chi connectivity index (χ3n) is 4.19. The molecule has 2 aliphatic rings. The predicted octanol–water partition coefficient (Wildman–Crippen LogP) is -3.88. The average Bonchev–Trinajstić information content (AvgIpc) is 2.83. The van der Waals surface area contributed by atoms with Crippen LogP contribution in [-0.2, 0) is 19.9 Å². The second-order valence-corrected chi connectivity index (χ2v) is 6.80. The van der Waals surface area contributed by atoms with Crippen LogP contribution in [0.5, 0.6) is 5.75 Å². The largest absolute Gasteiger partial charge is 1.00 e. The van der Waals surface area contributed by atoms with Gasteiger partial charge in [0.25, 0.3) is 5.91 Å². The van der Waals surface area contributed by atoms with E-state index >= 15 is 0 Å². The van der Waals surface area contributed by atoms with E-state index in [2.05, 4.69) is 0 Å². The maximum absolute atomic E-state index is 12.5. The Labute approximate surface area is 162 Å². The fraction of sp³-hybridized carbons (Fsp3) is 0.385. The van der Waals surface area contributed by atoms with Gasteiger partial charge in [-0.2, -0.15) is 8.42 Å². The van der Waals surface area contributed by atoms with Gasteiger partial charge in [-0.25, -0.2) is 4.31 Å². The van der Waals surface area contributed by atoms with Gasteiger partial charge in [-0.3, -0.25) is 14.1 Å². The van der Waals surface area contributed by atoms with Crippen molar-refractivity contribution in [3.8, 4) is 5.75 Å². The van der Waals surface area contributed by atoms with Crippen LogP contribution in [-0.4, -0.2) is 57.7 Å². The zero-order valence-corrected chi connectivity index (χ0v) is 15.7. The second-order valence-electron chi connectivity index (χ2n) is 5.51. The number of amides is 2. The zero-order valence-electron chi connectivity index (χ0n) is 13.9. The van der Waals surface area contributed by atoms with Gasteiger partial charge in [0.05, 0.1) is 6.04 Å². The zero-order chi connectivity index (χ0) is 16.9. The molecule has 2 aliphatic heterocycles. The van der Waals surface area contributed by atoms with Crippen molar-refractivity contribution in [2.45, 2.75) is 24.5 Å². The molecule has 126 valence electrons. The first kappa shape index (κ1) is 19.2. The molecule has 0 spiro atoms. The van der Waals surface area contributed by atoms with Crippen LogP contribution >= 0.6 is 0 Å². The number of benzene rings is 1. The van der Waals surface area contributed by atoms with Gasteiger partial charge >= 0.3 is 39.9 Å². The number of likely N-dealkylation sites (tertiary alicyclic amines) is 1. The summed E-state index contributed by atoms with van der Waals surface area (Å²) in [6.45, 7) is 0.178. The number of carbonyl (C=O) groups excluding carboxylic acids is 2. The van der Waals surface area contributed by atoms with Gasteiger partial charge in [-0.1, -0.05) is 12.1 Å². The van der Waals surface area contributed by atoms with Crippen LogP contribution in [0.15, 0.2) is 24.3 Å². The smallest absolute Gasteiger partial charge is 1.00 e. The van der Waals surface area contributed by atoms with E-state index in [1.807, 2.05) is 0 Å². The minimum atomic E-state index is -4.61. The van der Waals surface area contributed by atoms with E-state index in [0.717, 1.165) is 0 Å². The molecule has 0 saturated carbocycles. The third kappa shape index (κ3) is 3.05. The Morgan fingerprint density at radius 2 is 1.92 bits per heavy atom. The van der Waals surface area contributed by atoms with E-state index in [9.17, 15) is 23.1 Å². The topological polar surface area (TPSA) is 141 Å². The number of fused-ring (bicyclic) bond motifs is 1. The van der Waals surface area contributed by atoms with E-state index in [-0.39, 0.29) is 49.7 Å². The van der Waals surface area contributed by atoms with Crippen molar-refractivity contribution in [3.05, 3.63) is 29.8 Å². The standard InChI is InChI=1S/C13H15N3O6S.Na.H/c14-10(7-1-3-8(17)4-2-7)12(18)15-6-5-9-11(15)13(19)16(9)23(20,21)22;;/h1-4,9-11,17H,5-6,14H2,(H,20,21,22);;/q;+1;-1/t9-,10?,11+;;/m1../s1. The summed E-state index contributed by atoms with van der Waals surface area (Å²) >= 11 is 0. The number of nitrogens with two attached hydrogens (primary N) is 1. The van der Waals surface area contributed by atoms with Gasteiger partial charge in [-0.15, -0.1) is 0 Å². The summed E-state index contributed by atoms with van der Waals surface area (Å²) in [5.41, 5.74) is 6.37. The first-order chi connectivity index (χ1) is 10.7. The van der Waals surface area contributed by atoms with Gasteiger partial charge in [0.1, 0.15) is 17.8 Å². The molecule has 0 bridgehead atoms. The Morgan fingerprint density at radius 1 is 1.33 bits per heavy atom. The number of hydrogen-bond acceptors (Lipinski definition) is 6. The van der Waals surface area contributed by atoms with Crippen LogP contribution in [0.25, 0.3) is 0 Å². The molecule has 3 atom stereocenters. The number of β-lactam (4-membered cyclic amide) rings is 1. The molecule has 2 amide bonds. The molecule has 0 aromatic heterocycles. The number of hydrogen-bond donors (Lipinski definition) is 3. The first-order valence-electron chi connectivity index (χ1n) is 6.87. The molecule has 9 nitrogen and oxygen atoms in total. The summed E-state index contributed by atoms with van der Waals surface area (Å²) in [5.74, 6) is -1.31. The number of rotatable bonds is 3. The van der Waals surface area contributed by atoms with Gasteiger partial charge in [0, 0.05) is 6.54 Å². The number of aromatic hydroxyl groups is 1. The normalized spacial score (nSPS) is 24.0. The fourth-order valence-corrected chi connectivity index (χ4v) is 3.96. The molecular formula is C13H16N3NaO6S. The summed E-state index contributed by atoms with van der Waals surface area (Å²) in [5, 5.41) is 9.25. The molecule has 0 aliphatic carbocycles. The van der Waals surface area contributed by atoms with Gasteiger partial charge in [-0.05, 0) is 24.1 Å². The van der Waals surface area contributed by atoms with Crippen LogP contribution < -0.4 is 35.3 Å². The van der Waals surface area contributed by atoms with Crippen molar-refractivity contribution in [2.75, 3.05) is 6.54 Å². The van der Waals surface area contributed by atoms with Gasteiger partial charge in [0.15, 0.2) is 0 Å². The predicted molar refractivity (Wildman–Crippen MR) is 78.4 cm³/mol.